The fourth-order valence-electron chi connectivity index (χ4n) is 2.09. The zero-order valence-corrected chi connectivity index (χ0v) is 12.7. The number of benzene rings is 1. The van der Waals surface area contributed by atoms with E-state index < -0.39 is 17.8 Å². The van der Waals surface area contributed by atoms with Gasteiger partial charge in [0.15, 0.2) is 0 Å². The highest BCUT2D eigenvalue weighted by Crippen LogP contribution is 2.36. The number of hydrogen-bond donors (Lipinski definition) is 1. The summed E-state index contributed by atoms with van der Waals surface area (Å²) >= 11 is 3.01. The van der Waals surface area contributed by atoms with Gasteiger partial charge in [-0.3, -0.25) is 9.80 Å². The van der Waals surface area contributed by atoms with Crippen LogP contribution in [0.4, 0.5) is 18.9 Å². The number of rotatable bonds is 3. The van der Waals surface area contributed by atoms with Crippen molar-refractivity contribution in [1.82, 2.24) is 10.0 Å². The predicted octanol–water partition coefficient (Wildman–Crippen LogP) is 2.96. The second kappa shape index (κ2) is 6.07. The highest BCUT2D eigenvalue weighted by Gasteiger charge is 2.46. The number of carbonyl (C=O) groups excluding carboxylic acids is 1. The van der Waals surface area contributed by atoms with Crippen LogP contribution in [0.3, 0.4) is 0 Å². The van der Waals surface area contributed by atoms with E-state index in [1.807, 2.05) is 0 Å². The number of hydrogen-bond acceptors (Lipinski definition) is 3. The van der Waals surface area contributed by atoms with Crippen molar-refractivity contribution < 1.29 is 18.0 Å². The molecule has 1 aromatic rings. The van der Waals surface area contributed by atoms with Crippen LogP contribution in [0.15, 0.2) is 41.6 Å². The predicted molar refractivity (Wildman–Crippen MR) is 76.4 cm³/mol. The van der Waals surface area contributed by atoms with E-state index in [1.165, 1.54) is 12.1 Å². The minimum absolute atomic E-state index is 0.0412. The maximum absolute atomic E-state index is 13.2. The number of allylic oxidation sites excluding steroid dienone is 1. The molecule has 0 unspecified atom stereocenters. The third-order valence-corrected chi connectivity index (χ3v) is 3.51. The first kappa shape index (κ1) is 15.8. The average molecular weight is 364 g/mol. The van der Waals surface area contributed by atoms with Crippen molar-refractivity contribution in [3.8, 4) is 0 Å². The van der Waals surface area contributed by atoms with Crippen molar-refractivity contribution in [2.45, 2.75) is 6.18 Å². The van der Waals surface area contributed by atoms with Crippen LogP contribution >= 0.6 is 15.9 Å². The lowest BCUT2D eigenvalue weighted by Crippen LogP contribution is -2.37. The highest BCUT2D eigenvalue weighted by molar-refractivity contribution is 9.09. The second-order valence-electron chi connectivity index (χ2n) is 4.48. The largest absolute Gasteiger partial charge is 0.433 e. The molecule has 4 nitrogen and oxygen atoms in total. The van der Waals surface area contributed by atoms with Crippen molar-refractivity contribution in [2.75, 3.05) is 24.4 Å². The Morgan fingerprint density at radius 3 is 2.48 bits per heavy atom. The van der Waals surface area contributed by atoms with Crippen LogP contribution in [0, 0.1) is 0 Å². The molecule has 0 radical (unpaired) electrons. The number of carbonyl (C=O) groups is 1. The van der Waals surface area contributed by atoms with Gasteiger partial charge < -0.3 is 5.32 Å². The normalized spacial score (nSPS) is 16.5. The molecule has 8 heteroatoms. The molecular formula is C13H13BrF3N3O. The summed E-state index contributed by atoms with van der Waals surface area (Å²) < 4.78 is 39.6. The van der Waals surface area contributed by atoms with E-state index in [0.717, 1.165) is 5.01 Å². The Bertz CT molecular complexity index is 560. The molecule has 2 rings (SSSR count). The number of alkyl halides is 4. The van der Waals surface area contributed by atoms with Crippen molar-refractivity contribution in [3.05, 3.63) is 41.6 Å². The summed E-state index contributed by atoms with van der Waals surface area (Å²) in [6, 6.07) is 8.38. The zero-order chi connectivity index (χ0) is 15.6. The van der Waals surface area contributed by atoms with Gasteiger partial charge in [-0.05, 0) is 12.1 Å². The van der Waals surface area contributed by atoms with Gasteiger partial charge in [0.05, 0.1) is 17.6 Å². The maximum atomic E-state index is 13.2. The lowest BCUT2D eigenvalue weighted by molar-refractivity contribution is -0.125. The molecule has 0 spiro atoms. The summed E-state index contributed by atoms with van der Waals surface area (Å²) in [6.45, 7) is -0.0981. The van der Waals surface area contributed by atoms with Gasteiger partial charge in [0.1, 0.15) is 5.70 Å². The van der Waals surface area contributed by atoms with E-state index in [-0.39, 0.29) is 17.6 Å². The molecule has 1 aromatic carbocycles. The number of amides is 1. The van der Waals surface area contributed by atoms with E-state index in [4.69, 9.17) is 0 Å². The van der Waals surface area contributed by atoms with Crippen LogP contribution in [0.1, 0.15) is 0 Å². The molecule has 1 aliphatic rings. The maximum Gasteiger partial charge on any atom is 0.433 e. The fourth-order valence-corrected chi connectivity index (χ4v) is 2.73. The first-order valence-electron chi connectivity index (χ1n) is 6.06. The Morgan fingerprint density at radius 1 is 1.33 bits per heavy atom. The lowest BCUT2D eigenvalue weighted by atomic mass is 10.2. The minimum Gasteiger partial charge on any atom is -0.322 e. The van der Waals surface area contributed by atoms with E-state index in [0.29, 0.717) is 5.69 Å². The van der Waals surface area contributed by atoms with E-state index in [2.05, 4.69) is 21.2 Å². The number of nitrogens with zero attached hydrogens (tertiary/aromatic N) is 2. The molecule has 0 atom stereocenters. The molecule has 0 saturated heterocycles. The second-order valence-corrected chi connectivity index (χ2v) is 4.98. The molecule has 0 aliphatic carbocycles. The van der Waals surface area contributed by atoms with Crippen molar-refractivity contribution in [3.63, 3.8) is 0 Å². The quantitative estimate of drug-likeness (QED) is 0.662. The molecule has 1 amide bonds. The number of para-hydroxylation sites is 1. The minimum atomic E-state index is -4.60. The first-order valence-corrected chi connectivity index (χ1v) is 7.18. The standard InChI is InChI=1S/C13H13BrF3N3O/c1-19-7-10(11(13(15,16)17)20(19)8-14)12(21)18-9-5-3-2-4-6-9/h2-6H,7-8H2,1H3,(H,18,21). The van der Waals surface area contributed by atoms with Gasteiger partial charge in [-0.15, -0.1) is 0 Å². The monoisotopic (exact) mass is 363 g/mol. The summed E-state index contributed by atoms with van der Waals surface area (Å²) in [4.78, 5) is 12.1. The van der Waals surface area contributed by atoms with Crippen LogP contribution in [0.5, 0.6) is 0 Å². The van der Waals surface area contributed by atoms with Gasteiger partial charge in [0.25, 0.3) is 5.91 Å². The summed E-state index contributed by atoms with van der Waals surface area (Å²) in [7, 11) is 1.50. The molecule has 1 N–H and O–H groups in total. The molecule has 0 bridgehead atoms. The van der Waals surface area contributed by atoms with Crippen LogP contribution in [0.2, 0.25) is 0 Å². The molecule has 1 aliphatic heterocycles. The molecule has 0 saturated carbocycles. The van der Waals surface area contributed by atoms with Crippen molar-refractivity contribution in [2.24, 2.45) is 0 Å². The van der Waals surface area contributed by atoms with Gasteiger partial charge in [0, 0.05) is 12.7 Å². The zero-order valence-electron chi connectivity index (χ0n) is 11.1. The summed E-state index contributed by atoms with van der Waals surface area (Å²) in [5.41, 5.74) is -0.819. The summed E-state index contributed by atoms with van der Waals surface area (Å²) in [6.07, 6.45) is -4.60. The van der Waals surface area contributed by atoms with E-state index in [1.54, 1.807) is 30.3 Å². The lowest BCUT2D eigenvalue weighted by Gasteiger charge is -2.27. The van der Waals surface area contributed by atoms with Crippen LogP contribution in [0.25, 0.3) is 0 Å². The number of halogens is 4. The third kappa shape index (κ3) is 3.38. The van der Waals surface area contributed by atoms with Crippen molar-refractivity contribution in [1.29, 1.82) is 0 Å². The van der Waals surface area contributed by atoms with Crippen LogP contribution in [-0.4, -0.2) is 41.1 Å². The summed E-state index contributed by atoms with van der Waals surface area (Å²) in [5, 5.41) is 4.82. The molecule has 21 heavy (non-hydrogen) atoms. The fraction of sp³-hybridized carbons (Fsp3) is 0.308. The Hall–Kier alpha value is -1.54. The van der Waals surface area contributed by atoms with Crippen LogP contribution < -0.4 is 5.32 Å². The third-order valence-electron chi connectivity index (χ3n) is 3.03. The smallest absolute Gasteiger partial charge is 0.322 e. The van der Waals surface area contributed by atoms with Crippen LogP contribution in [-0.2, 0) is 4.79 Å². The van der Waals surface area contributed by atoms with E-state index in [9.17, 15) is 18.0 Å². The molecular weight excluding hydrogens is 351 g/mol. The molecule has 0 aromatic heterocycles. The topological polar surface area (TPSA) is 35.6 Å². The van der Waals surface area contributed by atoms with E-state index >= 15 is 0 Å². The number of nitrogens with one attached hydrogen (secondary N) is 1. The highest BCUT2D eigenvalue weighted by atomic mass is 79.9. The molecule has 114 valence electrons. The Kier molecular flexibility index (Phi) is 4.58. The molecule has 0 fully saturated rings. The average Bonchev–Trinajstić information content (AvgIpc) is 2.76. The van der Waals surface area contributed by atoms with Crippen molar-refractivity contribution >= 4 is 27.5 Å². The number of anilines is 1. The van der Waals surface area contributed by atoms with Gasteiger partial charge in [-0.25, -0.2) is 5.01 Å². The van der Waals surface area contributed by atoms with Gasteiger partial charge in [0.2, 0.25) is 0 Å². The Labute approximate surface area is 128 Å². The molecule has 1 heterocycles. The number of likely N-dealkylation sites (N-methyl/N-ethyl adjacent to an activating group) is 1. The van der Waals surface area contributed by atoms with Gasteiger partial charge in [-0.1, -0.05) is 34.1 Å². The summed E-state index contributed by atoms with van der Waals surface area (Å²) in [5.74, 6) is -0.746. The Morgan fingerprint density at radius 2 is 1.95 bits per heavy atom. The number of hydrazine groups is 1. The first-order chi connectivity index (χ1) is 9.84. The SMILES string of the molecule is CN1CC(C(=O)Nc2ccccc2)=C(C(F)(F)F)N1CBr. The Balaban J connectivity index is 2.32. The van der Waals surface area contributed by atoms with Gasteiger partial charge in [-0.2, -0.15) is 13.2 Å². The van der Waals surface area contributed by atoms with Gasteiger partial charge >= 0.3 is 6.18 Å².